The minimum absolute atomic E-state index is 0.242. The Morgan fingerprint density at radius 3 is 2.07 bits per heavy atom. The van der Waals surface area contributed by atoms with Gasteiger partial charge in [-0.15, -0.1) is 0 Å². The van der Waals surface area contributed by atoms with E-state index < -0.39 is 12.2 Å². The fourth-order valence-corrected chi connectivity index (χ4v) is 3.55. The Balaban J connectivity index is 1.92. The highest BCUT2D eigenvalue weighted by Crippen LogP contribution is 2.34. The van der Waals surface area contributed by atoms with Gasteiger partial charge in [-0.3, -0.25) is 0 Å². The molecule has 0 bridgehead atoms. The van der Waals surface area contributed by atoms with E-state index in [1.807, 2.05) is 30.3 Å². The van der Waals surface area contributed by atoms with Crippen molar-refractivity contribution >= 4 is 22.4 Å². The molecule has 0 spiro atoms. The Morgan fingerprint density at radius 1 is 0.828 bits per heavy atom. The topological polar surface area (TPSA) is 58.9 Å². The molecule has 0 amide bonds. The van der Waals surface area contributed by atoms with Gasteiger partial charge in [-0.25, -0.2) is 0 Å². The summed E-state index contributed by atoms with van der Waals surface area (Å²) in [5.41, 5.74) is 0. The van der Waals surface area contributed by atoms with E-state index in [0.717, 1.165) is 62.1 Å². The Hall–Kier alpha value is -1.49. The van der Waals surface area contributed by atoms with Gasteiger partial charge in [0.2, 0.25) is 0 Å². The second-order valence-corrected chi connectivity index (χ2v) is 8.06. The molecule has 29 heavy (non-hydrogen) atoms. The lowest BCUT2D eigenvalue weighted by molar-refractivity contribution is 0.0975. The molecule has 0 saturated carbocycles. The quantitative estimate of drug-likeness (QED) is 0.359. The van der Waals surface area contributed by atoms with E-state index in [-0.39, 0.29) is 6.61 Å². The van der Waals surface area contributed by atoms with Crippen LogP contribution in [0.3, 0.4) is 0 Å². The Labute approximate surface area is 179 Å². The van der Waals surface area contributed by atoms with E-state index in [1.54, 1.807) is 0 Å². The normalized spacial score (nSPS) is 13.4. The first-order valence-electron chi connectivity index (χ1n) is 10.9. The number of unbranched alkanes of at least 4 members (excludes halogenated alkanes) is 4. The fraction of sp³-hybridized carbons (Fsp3) is 0.583. The van der Waals surface area contributed by atoms with Gasteiger partial charge in [-0.2, -0.15) is 0 Å². The predicted octanol–water partition coefficient (Wildman–Crippen LogP) is 6.13. The maximum Gasteiger partial charge on any atom is 0.138 e. The second kappa shape index (κ2) is 12.9. The van der Waals surface area contributed by atoms with Crippen molar-refractivity contribution in [1.82, 2.24) is 0 Å². The first-order valence-corrected chi connectivity index (χ1v) is 11.3. The maximum absolute atomic E-state index is 10.0. The van der Waals surface area contributed by atoms with Gasteiger partial charge in [0.1, 0.15) is 24.7 Å². The predicted molar refractivity (Wildman–Crippen MR) is 120 cm³/mol. The molecule has 5 heteroatoms. The molecule has 4 nitrogen and oxygen atoms in total. The van der Waals surface area contributed by atoms with Crippen LogP contribution in [0, 0.1) is 0 Å². The zero-order chi connectivity index (χ0) is 21.1. The molecule has 0 aliphatic rings. The van der Waals surface area contributed by atoms with Crippen molar-refractivity contribution in [2.75, 3.05) is 13.2 Å². The molecule has 0 fully saturated rings. The third-order valence-corrected chi connectivity index (χ3v) is 5.44. The average molecular weight is 423 g/mol. The lowest BCUT2D eigenvalue weighted by atomic mass is 10.1. The monoisotopic (exact) mass is 422 g/mol. The number of hydrogen-bond acceptors (Lipinski definition) is 4. The van der Waals surface area contributed by atoms with Crippen LogP contribution in [-0.2, 0) is 0 Å². The van der Waals surface area contributed by atoms with Crippen LogP contribution in [0.5, 0.6) is 11.5 Å². The minimum Gasteiger partial charge on any atom is -0.491 e. The van der Waals surface area contributed by atoms with Crippen molar-refractivity contribution in [3.63, 3.8) is 0 Å². The van der Waals surface area contributed by atoms with Crippen LogP contribution in [-0.4, -0.2) is 35.6 Å². The molecule has 2 N–H and O–H groups in total. The van der Waals surface area contributed by atoms with Crippen LogP contribution in [0.4, 0.5) is 0 Å². The number of aliphatic hydroxyl groups excluding tert-OH is 2. The van der Waals surface area contributed by atoms with E-state index in [4.69, 9.17) is 21.1 Å². The van der Waals surface area contributed by atoms with Crippen molar-refractivity contribution in [3.05, 3.63) is 35.4 Å². The lowest BCUT2D eigenvalue weighted by Crippen LogP contribution is -2.17. The number of benzene rings is 2. The van der Waals surface area contributed by atoms with Gasteiger partial charge in [0, 0.05) is 5.39 Å². The van der Waals surface area contributed by atoms with Crippen molar-refractivity contribution in [2.24, 2.45) is 0 Å². The standard InChI is InChI=1S/C24H35ClO4/c1-3-5-7-9-19(26)16-28-21-12-13-22-18(15-21)11-14-23(24(22)25)29-17-20(27)10-8-6-4-2/h11-15,19-20,26-27H,3-10,16-17H2,1-2H3. The van der Waals surface area contributed by atoms with Crippen molar-refractivity contribution < 1.29 is 19.7 Å². The van der Waals surface area contributed by atoms with Gasteiger partial charge in [-0.05, 0) is 42.5 Å². The highest BCUT2D eigenvalue weighted by molar-refractivity contribution is 6.37. The summed E-state index contributed by atoms with van der Waals surface area (Å²) in [6.07, 6.45) is 7.12. The highest BCUT2D eigenvalue weighted by Gasteiger charge is 2.11. The molecule has 2 atom stereocenters. The summed E-state index contributed by atoms with van der Waals surface area (Å²) in [5.74, 6) is 1.29. The number of fused-ring (bicyclic) bond motifs is 1. The summed E-state index contributed by atoms with van der Waals surface area (Å²) < 4.78 is 11.5. The molecule has 2 aromatic rings. The minimum atomic E-state index is -0.479. The SMILES string of the molecule is CCCCCC(O)COc1ccc2c(Cl)c(OCC(O)CCCCC)ccc2c1. The van der Waals surface area contributed by atoms with Crippen molar-refractivity contribution in [2.45, 2.75) is 77.4 Å². The summed E-state index contributed by atoms with van der Waals surface area (Å²) in [6, 6.07) is 9.44. The largest absolute Gasteiger partial charge is 0.491 e. The Kier molecular flexibility index (Phi) is 10.6. The van der Waals surface area contributed by atoms with Crippen LogP contribution < -0.4 is 9.47 Å². The summed E-state index contributed by atoms with van der Waals surface area (Å²) in [7, 11) is 0. The first kappa shape index (κ1) is 23.8. The van der Waals surface area contributed by atoms with Crippen molar-refractivity contribution in [1.29, 1.82) is 0 Å². The molecule has 0 heterocycles. The molecule has 2 aromatic carbocycles. The molecular formula is C24H35ClO4. The smallest absolute Gasteiger partial charge is 0.138 e. The number of halogens is 1. The van der Waals surface area contributed by atoms with Crippen molar-refractivity contribution in [3.8, 4) is 11.5 Å². The molecule has 0 aromatic heterocycles. The zero-order valence-electron chi connectivity index (χ0n) is 17.7. The summed E-state index contributed by atoms with van der Waals surface area (Å²) in [4.78, 5) is 0. The third-order valence-electron chi connectivity index (χ3n) is 5.05. The summed E-state index contributed by atoms with van der Waals surface area (Å²) in [6.45, 7) is 4.82. The Morgan fingerprint density at radius 2 is 1.45 bits per heavy atom. The van der Waals surface area contributed by atoms with Gasteiger partial charge in [0.05, 0.1) is 17.2 Å². The van der Waals surface area contributed by atoms with E-state index in [9.17, 15) is 10.2 Å². The molecule has 0 aliphatic heterocycles. The Bertz CT molecular complexity index is 734. The summed E-state index contributed by atoms with van der Waals surface area (Å²) in [5, 5.41) is 22.4. The molecule has 2 unspecified atom stereocenters. The van der Waals surface area contributed by atoms with Gasteiger partial charge in [0.15, 0.2) is 0 Å². The van der Waals surface area contributed by atoms with E-state index in [0.29, 0.717) is 23.1 Å². The molecule has 2 rings (SSSR count). The first-order chi connectivity index (χ1) is 14.0. The van der Waals surface area contributed by atoms with Crippen LogP contribution >= 0.6 is 11.6 Å². The number of hydrogen-bond donors (Lipinski definition) is 2. The molecule has 0 radical (unpaired) electrons. The van der Waals surface area contributed by atoms with Crippen LogP contribution in [0.1, 0.15) is 65.2 Å². The fourth-order valence-electron chi connectivity index (χ4n) is 3.26. The van der Waals surface area contributed by atoms with Gasteiger partial charge >= 0.3 is 0 Å². The highest BCUT2D eigenvalue weighted by atomic mass is 35.5. The van der Waals surface area contributed by atoms with Crippen LogP contribution in [0.2, 0.25) is 5.02 Å². The summed E-state index contributed by atoms with van der Waals surface area (Å²) >= 11 is 6.52. The number of ether oxygens (including phenoxy) is 2. The molecule has 0 aliphatic carbocycles. The van der Waals surface area contributed by atoms with Gasteiger partial charge in [0.25, 0.3) is 0 Å². The van der Waals surface area contributed by atoms with Crippen LogP contribution in [0.15, 0.2) is 30.3 Å². The number of aliphatic hydroxyl groups is 2. The van der Waals surface area contributed by atoms with Gasteiger partial charge < -0.3 is 19.7 Å². The lowest BCUT2D eigenvalue weighted by Gasteiger charge is -2.15. The zero-order valence-corrected chi connectivity index (χ0v) is 18.5. The molecular weight excluding hydrogens is 388 g/mol. The second-order valence-electron chi connectivity index (χ2n) is 7.68. The van der Waals surface area contributed by atoms with Gasteiger partial charge in [-0.1, -0.05) is 70.0 Å². The number of rotatable bonds is 14. The van der Waals surface area contributed by atoms with E-state index >= 15 is 0 Å². The molecule has 0 saturated heterocycles. The van der Waals surface area contributed by atoms with E-state index in [1.165, 1.54) is 0 Å². The maximum atomic E-state index is 10.0. The molecule has 162 valence electrons. The van der Waals surface area contributed by atoms with Crippen LogP contribution in [0.25, 0.3) is 10.8 Å². The third kappa shape index (κ3) is 8.04. The average Bonchev–Trinajstić information content (AvgIpc) is 2.72. The van der Waals surface area contributed by atoms with E-state index in [2.05, 4.69) is 13.8 Å².